The molecule has 2 aliphatic rings. The van der Waals surface area contributed by atoms with Crippen LogP contribution in [0.5, 0.6) is 0 Å². The first-order chi connectivity index (χ1) is 17.0. The van der Waals surface area contributed by atoms with Gasteiger partial charge in [-0.15, -0.1) is 0 Å². The molecule has 0 bridgehead atoms. The van der Waals surface area contributed by atoms with Gasteiger partial charge in [0.2, 0.25) is 5.91 Å². The van der Waals surface area contributed by atoms with Gasteiger partial charge in [-0.3, -0.25) is 4.79 Å². The topological polar surface area (TPSA) is 105 Å². The third-order valence-electron chi connectivity index (χ3n) is 6.90. The minimum Gasteiger partial charge on any atom is -0.478 e. The molecule has 0 heterocycles. The molecule has 2 atom stereocenters. The van der Waals surface area contributed by atoms with Crippen LogP contribution in [0.15, 0.2) is 72.8 Å². The molecule has 7 nitrogen and oxygen atoms in total. The zero-order chi connectivity index (χ0) is 24.4. The third kappa shape index (κ3) is 4.62. The number of nitrogens with one attached hydrogen (secondary N) is 2. The minimum absolute atomic E-state index is 0.0235. The van der Waals surface area contributed by atoms with E-state index in [9.17, 15) is 14.4 Å². The second-order valence-corrected chi connectivity index (χ2v) is 8.99. The first-order valence-corrected chi connectivity index (χ1v) is 11.8. The maximum Gasteiger partial charge on any atom is 0.407 e. The molecule has 2 amide bonds. The first kappa shape index (κ1) is 22.7. The molecule has 5 rings (SSSR count). The van der Waals surface area contributed by atoms with Gasteiger partial charge in [-0.2, -0.15) is 0 Å². The predicted octanol–water partition coefficient (Wildman–Crippen LogP) is 5.03. The van der Waals surface area contributed by atoms with E-state index in [-0.39, 0.29) is 36.0 Å². The molecule has 3 N–H and O–H groups in total. The van der Waals surface area contributed by atoms with E-state index in [2.05, 4.69) is 34.9 Å². The number of amides is 2. The maximum absolute atomic E-state index is 12.8. The monoisotopic (exact) mass is 470 g/mol. The SMILES string of the molecule is O=C(N[C@H]1CCC[C@H]1C(=O)Nc1ccc(C(=O)O)cc1)OCC1c2ccccc2-c2ccccc21. The maximum atomic E-state index is 12.8. The molecule has 2 aliphatic carbocycles. The summed E-state index contributed by atoms with van der Waals surface area (Å²) in [4.78, 5) is 36.5. The number of carboxylic acid groups (broad SMARTS) is 1. The molecular weight excluding hydrogens is 444 g/mol. The van der Waals surface area contributed by atoms with Crippen LogP contribution in [0.4, 0.5) is 10.5 Å². The molecule has 0 unspecified atom stereocenters. The van der Waals surface area contributed by atoms with Crippen LogP contribution < -0.4 is 10.6 Å². The van der Waals surface area contributed by atoms with Gasteiger partial charge in [0.25, 0.3) is 0 Å². The van der Waals surface area contributed by atoms with Crippen LogP contribution in [0.25, 0.3) is 11.1 Å². The van der Waals surface area contributed by atoms with Crippen LogP contribution in [0.2, 0.25) is 0 Å². The van der Waals surface area contributed by atoms with Crippen molar-refractivity contribution in [3.8, 4) is 11.1 Å². The summed E-state index contributed by atoms with van der Waals surface area (Å²) in [6.07, 6.45) is 1.65. The highest BCUT2D eigenvalue weighted by Crippen LogP contribution is 2.44. The van der Waals surface area contributed by atoms with Crippen molar-refractivity contribution in [2.24, 2.45) is 5.92 Å². The largest absolute Gasteiger partial charge is 0.478 e. The number of anilines is 1. The van der Waals surface area contributed by atoms with Crippen molar-refractivity contribution in [3.63, 3.8) is 0 Å². The van der Waals surface area contributed by atoms with Crippen molar-refractivity contribution >= 4 is 23.7 Å². The van der Waals surface area contributed by atoms with E-state index in [1.807, 2.05) is 24.3 Å². The number of ether oxygens (including phenoxy) is 1. The fourth-order valence-electron chi connectivity index (χ4n) is 5.17. The lowest BCUT2D eigenvalue weighted by Gasteiger charge is -2.21. The van der Waals surface area contributed by atoms with Crippen LogP contribution in [-0.4, -0.2) is 35.7 Å². The number of fused-ring (bicyclic) bond motifs is 3. The lowest BCUT2D eigenvalue weighted by atomic mass is 9.98. The van der Waals surface area contributed by atoms with Gasteiger partial charge in [-0.05, 0) is 59.4 Å². The number of alkyl carbamates (subject to hydrolysis) is 1. The number of benzene rings is 3. The van der Waals surface area contributed by atoms with Gasteiger partial charge in [0.1, 0.15) is 6.61 Å². The van der Waals surface area contributed by atoms with Gasteiger partial charge >= 0.3 is 12.1 Å². The van der Waals surface area contributed by atoms with Crippen LogP contribution in [0, 0.1) is 5.92 Å². The molecule has 1 fully saturated rings. The molecular formula is C28H26N2O5. The number of carboxylic acids is 1. The molecule has 7 heteroatoms. The van der Waals surface area contributed by atoms with Gasteiger partial charge in [0, 0.05) is 17.6 Å². The number of rotatable bonds is 6. The number of carbonyl (C=O) groups is 3. The third-order valence-corrected chi connectivity index (χ3v) is 6.90. The van der Waals surface area contributed by atoms with E-state index in [1.165, 1.54) is 23.3 Å². The lowest BCUT2D eigenvalue weighted by Crippen LogP contribution is -2.42. The standard InChI is InChI=1S/C28H26N2O5/c31-26(29-18-14-12-17(13-15-18)27(32)33)23-10-5-11-25(23)30-28(34)35-16-24-21-8-3-1-6-19(21)20-7-2-4-9-22(20)24/h1-4,6-9,12-15,23-25H,5,10-11,16H2,(H,29,31)(H,30,34)(H,32,33)/t23-,25+/m1/s1. The minimum atomic E-state index is -1.02. The first-order valence-electron chi connectivity index (χ1n) is 11.8. The zero-order valence-electron chi connectivity index (χ0n) is 19.1. The lowest BCUT2D eigenvalue weighted by molar-refractivity contribution is -0.120. The van der Waals surface area contributed by atoms with Crippen LogP contribution in [-0.2, 0) is 9.53 Å². The van der Waals surface area contributed by atoms with Gasteiger partial charge in [0.05, 0.1) is 11.5 Å². The second kappa shape index (κ2) is 9.62. The van der Waals surface area contributed by atoms with E-state index in [0.717, 1.165) is 17.5 Å². The second-order valence-electron chi connectivity index (χ2n) is 8.99. The number of hydrogen-bond donors (Lipinski definition) is 3. The Kier molecular flexibility index (Phi) is 6.23. The summed E-state index contributed by atoms with van der Waals surface area (Å²) in [6.45, 7) is 0.222. The Balaban J connectivity index is 1.19. The molecule has 178 valence electrons. The Morgan fingerprint density at radius 2 is 1.49 bits per heavy atom. The highest BCUT2D eigenvalue weighted by molar-refractivity contribution is 5.94. The van der Waals surface area contributed by atoms with Crippen LogP contribution in [0.1, 0.15) is 46.7 Å². The summed E-state index contributed by atoms with van der Waals surface area (Å²) in [6, 6.07) is 22.0. The summed E-state index contributed by atoms with van der Waals surface area (Å²) in [7, 11) is 0. The van der Waals surface area contributed by atoms with E-state index in [0.29, 0.717) is 18.5 Å². The van der Waals surface area contributed by atoms with E-state index in [1.54, 1.807) is 12.1 Å². The quantitative estimate of drug-likeness (QED) is 0.469. The van der Waals surface area contributed by atoms with Crippen molar-refractivity contribution in [3.05, 3.63) is 89.5 Å². The van der Waals surface area contributed by atoms with Crippen molar-refractivity contribution in [1.29, 1.82) is 0 Å². The van der Waals surface area contributed by atoms with Gasteiger partial charge in [-0.25, -0.2) is 9.59 Å². The number of carbonyl (C=O) groups excluding carboxylic acids is 2. The molecule has 0 radical (unpaired) electrons. The van der Waals surface area contributed by atoms with E-state index in [4.69, 9.17) is 9.84 Å². The Bertz CT molecular complexity index is 1220. The average molecular weight is 471 g/mol. The van der Waals surface area contributed by atoms with Crippen LogP contribution in [0.3, 0.4) is 0 Å². The number of aromatic carboxylic acids is 1. The summed E-state index contributed by atoms with van der Waals surface area (Å²) in [5.74, 6) is -1.63. The van der Waals surface area contributed by atoms with Gasteiger partial charge < -0.3 is 20.5 Å². The Hall–Kier alpha value is -4.13. The predicted molar refractivity (Wildman–Crippen MR) is 131 cm³/mol. The smallest absolute Gasteiger partial charge is 0.407 e. The van der Waals surface area contributed by atoms with Crippen molar-refractivity contribution in [1.82, 2.24) is 5.32 Å². The summed E-state index contributed by atoms with van der Waals surface area (Å²) in [5, 5.41) is 14.7. The molecule has 3 aromatic rings. The van der Waals surface area contributed by atoms with Gasteiger partial charge in [-0.1, -0.05) is 55.0 Å². The molecule has 3 aromatic carbocycles. The number of hydrogen-bond acceptors (Lipinski definition) is 4. The van der Waals surface area contributed by atoms with E-state index >= 15 is 0 Å². The molecule has 35 heavy (non-hydrogen) atoms. The highest BCUT2D eigenvalue weighted by Gasteiger charge is 2.35. The van der Waals surface area contributed by atoms with Crippen LogP contribution >= 0.6 is 0 Å². The Labute approximate surface area is 203 Å². The molecule has 0 aliphatic heterocycles. The van der Waals surface area contributed by atoms with Crippen molar-refractivity contribution in [2.45, 2.75) is 31.2 Å². The van der Waals surface area contributed by atoms with Crippen molar-refractivity contribution < 1.29 is 24.2 Å². The fourth-order valence-corrected chi connectivity index (χ4v) is 5.17. The summed E-state index contributed by atoms with van der Waals surface area (Å²) in [5.41, 5.74) is 5.30. The summed E-state index contributed by atoms with van der Waals surface area (Å²) >= 11 is 0. The zero-order valence-corrected chi connectivity index (χ0v) is 19.1. The molecule has 0 saturated heterocycles. The Morgan fingerprint density at radius 3 is 2.11 bits per heavy atom. The average Bonchev–Trinajstić information content (AvgIpc) is 3.45. The van der Waals surface area contributed by atoms with Gasteiger partial charge in [0.15, 0.2) is 0 Å². The van der Waals surface area contributed by atoms with E-state index < -0.39 is 12.1 Å². The Morgan fingerprint density at radius 1 is 0.857 bits per heavy atom. The highest BCUT2D eigenvalue weighted by atomic mass is 16.5. The summed E-state index contributed by atoms with van der Waals surface area (Å²) < 4.78 is 5.65. The fraction of sp³-hybridized carbons (Fsp3) is 0.250. The van der Waals surface area contributed by atoms with Crippen molar-refractivity contribution in [2.75, 3.05) is 11.9 Å². The molecule has 1 saturated carbocycles. The molecule has 0 aromatic heterocycles. The normalized spacial score (nSPS) is 18.4. The molecule has 0 spiro atoms.